The number of carboxylic acid groups (broad SMARTS) is 3. The van der Waals surface area contributed by atoms with Gasteiger partial charge in [0.2, 0.25) is 0 Å². The summed E-state index contributed by atoms with van der Waals surface area (Å²) in [7, 11) is 3.90. The quantitative estimate of drug-likeness (QED) is 0.212. The number of pyridine rings is 2. The summed E-state index contributed by atoms with van der Waals surface area (Å²) in [6.07, 6.45) is -9.39. The SMILES string of the molecule is COc1ccc(CN2CCN(C)C(c3cn4c(-c5ccncc5)cccc4n3)C2)cc1.O=C(O)C(F)(F)F.O=C(O)C(F)(F)F.O=C(O)C(F)(F)F. The molecule has 4 heterocycles. The Hall–Kier alpha value is -5.44. The standard InChI is InChI=1S/C25H27N5O.3C2HF3O2/c1-28-14-15-29(16-19-6-8-21(31-2)9-7-19)18-24(28)22-17-30-23(4-3-5-25(30)27-22)20-10-12-26-13-11-20;3*3-2(4,5)1(6)7/h3-13,17,24H,14-16,18H2,1-2H3;3*(H,6,7). The number of fused-ring (bicyclic) bond motifs is 1. The number of piperazine rings is 1. The average molecular weight is 756 g/mol. The summed E-state index contributed by atoms with van der Waals surface area (Å²) in [4.78, 5) is 40.8. The number of ether oxygens (including phenoxy) is 1. The number of rotatable bonds is 5. The van der Waals surface area contributed by atoms with Crippen molar-refractivity contribution >= 4 is 23.6 Å². The van der Waals surface area contributed by atoms with Crippen molar-refractivity contribution in [3.8, 4) is 17.0 Å². The number of alkyl halides is 9. The first-order chi connectivity index (χ1) is 24.0. The lowest BCUT2D eigenvalue weighted by Gasteiger charge is -2.38. The predicted octanol–water partition coefficient (Wildman–Crippen LogP) is 5.79. The zero-order valence-electron chi connectivity index (χ0n) is 26.9. The lowest BCUT2D eigenvalue weighted by molar-refractivity contribution is -0.193. The summed E-state index contributed by atoms with van der Waals surface area (Å²) < 4.78 is 103. The zero-order valence-corrected chi connectivity index (χ0v) is 26.9. The third-order valence-corrected chi connectivity index (χ3v) is 6.85. The van der Waals surface area contributed by atoms with Crippen LogP contribution >= 0.6 is 0 Å². The molecule has 284 valence electrons. The van der Waals surface area contributed by atoms with Crippen LogP contribution in [-0.2, 0) is 20.9 Å². The molecular weight excluding hydrogens is 725 g/mol. The summed E-state index contributed by atoms with van der Waals surface area (Å²) in [5.74, 6) is -7.37. The van der Waals surface area contributed by atoms with E-state index < -0.39 is 36.4 Å². The molecule has 1 atom stereocenters. The van der Waals surface area contributed by atoms with Crippen LogP contribution in [0.15, 0.2) is 73.2 Å². The van der Waals surface area contributed by atoms with Gasteiger partial charge in [0.1, 0.15) is 11.4 Å². The Kier molecular flexibility index (Phi) is 14.9. The molecular formula is C31H30F9N5O7. The number of carbonyl (C=O) groups is 3. The fourth-order valence-corrected chi connectivity index (χ4v) is 4.33. The summed E-state index contributed by atoms with van der Waals surface area (Å²) in [5.41, 5.74) is 5.67. The minimum atomic E-state index is -5.08. The average Bonchev–Trinajstić information content (AvgIpc) is 3.50. The first kappa shape index (κ1) is 42.7. The van der Waals surface area contributed by atoms with Crippen LogP contribution in [0.5, 0.6) is 5.75 Å². The van der Waals surface area contributed by atoms with E-state index in [1.54, 1.807) is 7.11 Å². The van der Waals surface area contributed by atoms with Crippen LogP contribution in [-0.4, -0.2) is 110 Å². The second kappa shape index (κ2) is 18.2. The first-order valence-electron chi connectivity index (χ1n) is 14.4. The Morgan fingerprint density at radius 3 is 1.75 bits per heavy atom. The van der Waals surface area contributed by atoms with Gasteiger partial charge in [0.15, 0.2) is 0 Å². The van der Waals surface area contributed by atoms with E-state index >= 15 is 0 Å². The minimum absolute atomic E-state index is 0.261. The number of hydrogen-bond acceptors (Lipinski definition) is 8. The number of nitrogens with zero attached hydrogens (tertiary/aromatic N) is 5. The summed E-state index contributed by atoms with van der Waals surface area (Å²) >= 11 is 0. The maximum atomic E-state index is 10.6. The molecule has 4 aromatic rings. The number of aliphatic carboxylic acids is 3. The van der Waals surface area contributed by atoms with Gasteiger partial charge in [-0.25, -0.2) is 19.4 Å². The van der Waals surface area contributed by atoms with Gasteiger partial charge in [-0.2, -0.15) is 39.5 Å². The Bertz CT molecular complexity index is 1710. The van der Waals surface area contributed by atoms with Crippen molar-refractivity contribution in [3.05, 3.63) is 84.4 Å². The second-order valence-corrected chi connectivity index (χ2v) is 10.5. The molecule has 1 aromatic carbocycles. The van der Waals surface area contributed by atoms with Gasteiger partial charge in [0, 0.05) is 50.3 Å². The van der Waals surface area contributed by atoms with Gasteiger partial charge in [0.25, 0.3) is 0 Å². The van der Waals surface area contributed by atoms with Gasteiger partial charge < -0.3 is 20.1 Å². The molecule has 0 saturated carbocycles. The number of likely N-dealkylation sites (N-methyl/N-ethyl adjacent to an activating group) is 1. The maximum absolute atomic E-state index is 10.6. The van der Waals surface area contributed by atoms with E-state index in [-0.39, 0.29) is 6.04 Å². The molecule has 0 bridgehead atoms. The highest BCUT2D eigenvalue weighted by molar-refractivity contribution is 5.73. The number of imidazole rings is 1. The van der Waals surface area contributed by atoms with Crippen LogP contribution in [0.2, 0.25) is 0 Å². The summed E-state index contributed by atoms with van der Waals surface area (Å²) in [6, 6.07) is 19.0. The number of methoxy groups -OCH3 is 1. The molecule has 3 N–H and O–H groups in total. The second-order valence-electron chi connectivity index (χ2n) is 10.5. The molecule has 1 unspecified atom stereocenters. The van der Waals surface area contributed by atoms with E-state index in [1.165, 1.54) is 5.56 Å². The first-order valence-corrected chi connectivity index (χ1v) is 14.4. The van der Waals surface area contributed by atoms with Gasteiger partial charge in [0.05, 0.1) is 24.5 Å². The van der Waals surface area contributed by atoms with Gasteiger partial charge in [-0.15, -0.1) is 0 Å². The van der Waals surface area contributed by atoms with Crippen LogP contribution in [0, 0.1) is 0 Å². The molecule has 0 aliphatic carbocycles. The van der Waals surface area contributed by atoms with Gasteiger partial charge in [-0.3, -0.25) is 19.2 Å². The molecule has 5 rings (SSSR count). The molecule has 0 spiro atoms. The minimum Gasteiger partial charge on any atom is -0.497 e. The largest absolute Gasteiger partial charge is 0.497 e. The maximum Gasteiger partial charge on any atom is 0.490 e. The van der Waals surface area contributed by atoms with Crippen LogP contribution in [0.25, 0.3) is 16.9 Å². The molecule has 3 aromatic heterocycles. The summed E-state index contributed by atoms with van der Waals surface area (Å²) in [5, 5.41) is 21.4. The molecule has 1 aliphatic heterocycles. The van der Waals surface area contributed by atoms with E-state index in [0.717, 1.165) is 54.5 Å². The van der Waals surface area contributed by atoms with Crippen LogP contribution in [0.3, 0.4) is 0 Å². The Morgan fingerprint density at radius 2 is 1.29 bits per heavy atom. The topological polar surface area (TPSA) is 158 Å². The van der Waals surface area contributed by atoms with Gasteiger partial charge in [-0.05, 0) is 49.0 Å². The Labute approximate surface area is 288 Å². The predicted molar refractivity (Wildman–Crippen MR) is 163 cm³/mol. The number of hydrogen-bond donors (Lipinski definition) is 3. The van der Waals surface area contributed by atoms with E-state index in [0.29, 0.717) is 0 Å². The third-order valence-electron chi connectivity index (χ3n) is 6.85. The van der Waals surface area contributed by atoms with Crippen LogP contribution < -0.4 is 4.74 Å². The lowest BCUT2D eigenvalue weighted by atomic mass is 10.1. The highest BCUT2D eigenvalue weighted by atomic mass is 19.4. The van der Waals surface area contributed by atoms with E-state index in [4.69, 9.17) is 39.4 Å². The van der Waals surface area contributed by atoms with Crippen LogP contribution in [0.4, 0.5) is 39.5 Å². The lowest BCUT2D eigenvalue weighted by Crippen LogP contribution is -2.46. The fraction of sp³-hybridized carbons (Fsp3) is 0.323. The van der Waals surface area contributed by atoms with Crippen molar-refractivity contribution in [2.45, 2.75) is 31.1 Å². The van der Waals surface area contributed by atoms with Crippen molar-refractivity contribution in [3.63, 3.8) is 0 Å². The van der Waals surface area contributed by atoms with Crippen molar-refractivity contribution in [2.24, 2.45) is 0 Å². The molecule has 12 nitrogen and oxygen atoms in total. The zero-order chi connectivity index (χ0) is 39.4. The number of carboxylic acids is 3. The van der Waals surface area contributed by atoms with Gasteiger partial charge in [-0.1, -0.05) is 18.2 Å². The molecule has 0 amide bonds. The summed E-state index contributed by atoms with van der Waals surface area (Å²) in [6.45, 7) is 3.96. The van der Waals surface area contributed by atoms with Crippen molar-refractivity contribution < 1.29 is 74.0 Å². The fourth-order valence-electron chi connectivity index (χ4n) is 4.33. The Balaban J connectivity index is 0.000000365. The number of halogens is 9. The number of benzene rings is 1. The normalized spacial score (nSPS) is 15.2. The van der Waals surface area contributed by atoms with Crippen LogP contribution in [0.1, 0.15) is 17.3 Å². The van der Waals surface area contributed by atoms with Crippen molar-refractivity contribution in [2.75, 3.05) is 33.8 Å². The Morgan fingerprint density at radius 1 is 0.788 bits per heavy atom. The van der Waals surface area contributed by atoms with Crippen molar-refractivity contribution in [1.82, 2.24) is 24.2 Å². The smallest absolute Gasteiger partial charge is 0.490 e. The van der Waals surface area contributed by atoms with E-state index in [9.17, 15) is 39.5 Å². The highest BCUT2D eigenvalue weighted by Crippen LogP contribution is 2.28. The monoisotopic (exact) mass is 755 g/mol. The van der Waals surface area contributed by atoms with E-state index in [2.05, 4.69) is 62.8 Å². The molecule has 1 saturated heterocycles. The van der Waals surface area contributed by atoms with Gasteiger partial charge >= 0.3 is 36.4 Å². The van der Waals surface area contributed by atoms with E-state index in [1.807, 2.05) is 36.7 Å². The highest BCUT2D eigenvalue weighted by Gasteiger charge is 2.39. The molecule has 0 radical (unpaired) electrons. The molecule has 52 heavy (non-hydrogen) atoms. The molecule has 1 fully saturated rings. The molecule has 1 aliphatic rings. The molecule has 21 heteroatoms. The van der Waals surface area contributed by atoms with Crippen molar-refractivity contribution in [1.29, 1.82) is 0 Å². The third kappa shape index (κ3) is 13.4. The number of aromatic nitrogens is 3.